The van der Waals surface area contributed by atoms with E-state index in [1.54, 1.807) is 31.2 Å². The normalized spacial score (nSPS) is 13.3. The fourth-order valence-electron chi connectivity index (χ4n) is 1.59. The molecule has 102 valence electrons. The number of anilines is 1. The van der Waals surface area contributed by atoms with Crippen LogP contribution >= 0.6 is 11.6 Å². The van der Waals surface area contributed by atoms with Gasteiger partial charge in [-0.05, 0) is 30.7 Å². The number of alkyl halides is 1. The molecule has 0 aliphatic rings. The van der Waals surface area contributed by atoms with E-state index in [0.29, 0.717) is 11.4 Å². The number of hydrogen-bond acceptors (Lipinski definition) is 3. The van der Waals surface area contributed by atoms with Gasteiger partial charge in [-0.15, -0.1) is 11.6 Å². The fourth-order valence-corrected chi connectivity index (χ4v) is 2.77. The molecule has 1 rings (SSSR count). The lowest BCUT2D eigenvalue weighted by molar-refractivity contribution is 0.597. The van der Waals surface area contributed by atoms with Crippen molar-refractivity contribution in [1.29, 1.82) is 0 Å². The van der Waals surface area contributed by atoms with Crippen molar-refractivity contribution in [3.05, 3.63) is 24.3 Å². The van der Waals surface area contributed by atoms with E-state index >= 15 is 0 Å². The van der Waals surface area contributed by atoms with Crippen LogP contribution in [0.5, 0.6) is 0 Å². The van der Waals surface area contributed by atoms with E-state index in [-0.39, 0.29) is 11.1 Å². The van der Waals surface area contributed by atoms with E-state index in [1.807, 2.05) is 0 Å². The van der Waals surface area contributed by atoms with Gasteiger partial charge in [-0.2, -0.15) is 0 Å². The topological polar surface area (TPSA) is 46.2 Å². The summed E-state index contributed by atoms with van der Waals surface area (Å²) in [4.78, 5) is 0.367. The molecule has 0 heterocycles. The molecule has 0 aliphatic carbocycles. The smallest absolute Gasteiger partial charge is 0.178 e. The van der Waals surface area contributed by atoms with Crippen LogP contribution in [0, 0.1) is 0 Å². The van der Waals surface area contributed by atoms with Gasteiger partial charge >= 0.3 is 0 Å². The minimum atomic E-state index is -3.11. The molecule has 0 aromatic heterocycles. The van der Waals surface area contributed by atoms with Crippen LogP contribution in [-0.2, 0) is 9.84 Å². The highest BCUT2D eigenvalue weighted by molar-refractivity contribution is 7.91. The third kappa shape index (κ3) is 4.50. The van der Waals surface area contributed by atoms with Crippen molar-refractivity contribution in [2.45, 2.75) is 37.0 Å². The Labute approximate surface area is 114 Å². The van der Waals surface area contributed by atoms with Crippen LogP contribution in [0.3, 0.4) is 0 Å². The Morgan fingerprint density at radius 2 is 1.83 bits per heavy atom. The van der Waals surface area contributed by atoms with Crippen LogP contribution in [0.15, 0.2) is 29.2 Å². The van der Waals surface area contributed by atoms with Crippen molar-refractivity contribution in [2.24, 2.45) is 0 Å². The Morgan fingerprint density at radius 3 is 2.33 bits per heavy atom. The maximum Gasteiger partial charge on any atom is 0.178 e. The first-order chi connectivity index (χ1) is 8.49. The summed E-state index contributed by atoms with van der Waals surface area (Å²) in [7, 11) is -3.11. The summed E-state index contributed by atoms with van der Waals surface area (Å²) < 4.78 is 23.2. The van der Waals surface area contributed by atoms with E-state index in [0.717, 1.165) is 18.5 Å². The lowest BCUT2D eigenvalue weighted by Gasteiger charge is -2.11. The largest absolute Gasteiger partial charge is 0.384 e. The van der Waals surface area contributed by atoms with Crippen LogP contribution in [-0.4, -0.2) is 26.1 Å². The van der Waals surface area contributed by atoms with Crippen LogP contribution in [0.1, 0.15) is 26.7 Å². The van der Waals surface area contributed by atoms with Gasteiger partial charge in [-0.25, -0.2) is 8.42 Å². The predicted molar refractivity (Wildman–Crippen MR) is 77.2 cm³/mol. The molecule has 1 N–H and O–H groups in total. The van der Waals surface area contributed by atoms with Gasteiger partial charge in [0.05, 0.1) is 16.0 Å². The summed E-state index contributed by atoms with van der Waals surface area (Å²) >= 11 is 6.10. The second-order valence-electron chi connectivity index (χ2n) is 4.19. The van der Waals surface area contributed by atoms with Gasteiger partial charge in [0, 0.05) is 12.2 Å². The molecular formula is C13H20ClNO2S. The quantitative estimate of drug-likeness (QED) is 0.784. The maximum absolute atomic E-state index is 11.6. The molecule has 0 amide bonds. The first-order valence-electron chi connectivity index (χ1n) is 6.20. The molecule has 1 aromatic carbocycles. The molecule has 0 aliphatic heterocycles. The standard InChI is InChI=1S/C13H20ClNO2S/c1-3-5-11(14)10-15-12-6-8-13(9-7-12)18(16,17)4-2/h6-9,11,15H,3-5,10H2,1-2H3. The van der Waals surface area contributed by atoms with Crippen LogP contribution in [0.25, 0.3) is 0 Å². The van der Waals surface area contributed by atoms with Crippen molar-refractivity contribution in [2.75, 3.05) is 17.6 Å². The number of benzene rings is 1. The zero-order chi connectivity index (χ0) is 13.6. The highest BCUT2D eigenvalue weighted by Crippen LogP contribution is 2.16. The third-order valence-electron chi connectivity index (χ3n) is 2.72. The predicted octanol–water partition coefficient (Wildman–Crippen LogP) is 3.30. The second-order valence-corrected chi connectivity index (χ2v) is 7.09. The average Bonchev–Trinajstić information content (AvgIpc) is 2.37. The molecule has 1 atom stereocenters. The van der Waals surface area contributed by atoms with Crippen molar-refractivity contribution in [1.82, 2.24) is 0 Å². The molecule has 0 spiro atoms. The second kappa shape index (κ2) is 7.00. The third-order valence-corrected chi connectivity index (χ3v) is 4.85. The lowest BCUT2D eigenvalue weighted by atomic mass is 10.2. The van der Waals surface area contributed by atoms with Crippen LogP contribution in [0.4, 0.5) is 5.69 Å². The average molecular weight is 290 g/mol. The zero-order valence-corrected chi connectivity index (χ0v) is 12.4. The molecule has 5 heteroatoms. The molecule has 0 saturated heterocycles. The number of sulfone groups is 1. The number of halogens is 1. The van der Waals surface area contributed by atoms with Crippen molar-refractivity contribution in [3.8, 4) is 0 Å². The van der Waals surface area contributed by atoms with Gasteiger partial charge in [-0.3, -0.25) is 0 Å². The van der Waals surface area contributed by atoms with Gasteiger partial charge < -0.3 is 5.32 Å². The lowest BCUT2D eigenvalue weighted by Crippen LogP contribution is -2.13. The van der Waals surface area contributed by atoms with E-state index in [4.69, 9.17) is 11.6 Å². The van der Waals surface area contributed by atoms with Crippen molar-refractivity contribution in [3.63, 3.8) is 0 Å². The van der Waals surface area contributed by atoms with Gasteiger partial charge in [0.25, 0.3) is 0 Å². The number of nitrogens with one attached hydrogen (secondary N) is 1. The summed E-state index contributed by atoms with van der Waals surface area (Å²) in [6.45, 7) is 4.43. The molecule has 0 bridgehead atoms. The molecule has 0 radical (unpaired) electrons. The van der Waals surface area contributed by atoms with E-state index in [1.165, 1.54) is 0 Å². The Bertz CT molecular complexity index is 456. The molecule has 18 heavy (non-hydrogen) atoms. The first kappa shape index (κ1) is 15.3. The zero-order valence-electron chi connectivity index (χ0n) is 10.8. The molecule has 0 fully saturated rings. The van der Waals surface area contributed by atoms with Gasteiger partial charge in [0.1, 0.15) is 0 Å². The summed E-state index contributed by atoms with van der Waals surface area (Å²) in [6.07, 6.45) is 2.03. The van der Waals surface area contributed by atoms with Crippen molar-refractivity contribution < 1.29 is 8.42 Å². The fraction of sp³-hybridized carbons (Fsp3) is 0.538. The van der Waals surface area contributed by atoms with Crippen LogP contribution < -0.4 is 5.32 Å². The monoisotopic (exact) mass is 289 g/mol. The molecule has 0 saturated carbocycles. The maximum atomic E-state index is 11.6. The summed E-state index contributed by atoms with van der Waals surface area (Å²) in [6, 6.07) is 6.81. The van der Waals surface area contributed by atoms with E-state index in [2.05, 4.69) is 12.2 Å². The summed E-state index contributed by atoms with van der Waals surface area (Å²) in [5, 5.41) is 3.30. The molecule has 1 unspecified atom stereocenters. The Hall–Kier alpha value is -0.740. The minimum Gasteiger partial charge on any atom is -0.384 e. The Morgan fingerprint density at radius 1 is 1.22 bits per heavy atom. The highest BCUT2D eigenvalue weighted by Gasteiger charge is 2.10. The number of rotatable bonds is 7. The van der Waals surface area contributed by atoms with E-state index in [9.17, 15) is 8.42 Å². The number of hydrogen-bond donors (Lipinski definition) is 1. The minimum absolute atomic E-state index is 0.106. The summed E-state index contributed by atoms with van der Waals surface area (Å²) in [5.41, 5.74) is 0.895. The molecular weight excluding hydrogens is 270 g/mol. The van der Waals surface area contributed by atoms with Crippen LogP contribution in [0.2, 0.25) is 0 Å². The Kier molecular flexibility index (Phi) is 5.96. The van der Waals surface area contributed by atoms with Crippen molar-refractivity contribution >= 4 is 27.1 Å². The van der Waals surface area contributed by atoms with Gasteiger partial charge in [0.2, 0.25) is 0 Å². The first-order valence-corrected chi connectivity index (χ1v) is 8.29. The molecule has 1 aromatic rings. The highest BCUT2D eigenvalue weighted by atomic mass is 35.5. The Balaban J connectivity index is 2.61. The SMILES string of the molecule is CCCC(Cl)CNc1ccc(S(=O)(=O)CC)cc1. The van der Waals surface area contributed by atoms with Gasteiger partial charge in [0.15, 0.2) is 9.84 Å². The van der Waals surface area contributed by atoms with Gasteiger partial charge in [-0.1, -0.05) is 20.3 Å². The summed E-state index contributed by atoms with van der Waals surface area (Å²) in [5.74, 6) is 0.125. The molecule has 3 nitrogen and oxygen atoms in total. The van der Waals surface area contributed by atoms with E-state index < -0.39 is 9.84 Å².